The van der Waals surface area contributed by atoms with E-state index in [0.717, 1.165) is 33.3 Å². The number of aromatic carboxylic acids is 1. The minimum Gasteiger partial charge on any atom is -0.496 e. The van der Waals surface area contributed by atoms with E-state index in [1.165, 1.54) is 12.1 Å². The first-order chi connectivity index (χ1) is 14.9. The number of aryl methyl sites for hydroxylation is 1. The number of fused-ring (bicyclic) bond motifs is 1. The SMILES string of the molecule is COc1cc(C)c2[nH]ccc2c1CN1CCC(=C(F)F)CC1c1ccc(C(=O)O)cc1. The Kier molecular flexibility index (Phi) is 5.78. The van der Waals surface area contributed by atoms with Crippen LogP contribution in [0.15, 0.2) is 54.2 Å². The number of hydrogen-bond acceptors (Lipinski definition) is 3. The molecule has 1 aliphatic heterocycles. The molecule has 1 fully saturated rings. The van der Waals surface area contributed by atoms with Crippen LogP contribution in [0.3, 0.4) is 0 Å². The zero-order valence-electron chi connectivity index (χ0n) is 17.4. The molecule has 4 rings (SSSR count). The fraction of sp³-hybridized carbons (Fsp3) is 0.292. The monoisotopic (exact) mass is 426 g/mol. The number of ether oxygens (including phenoxy) is 1. The molecule has 0 bridgehead atoms. The first kappa shape index (κ1) is 21.1. The van der Waals surface area contributed by atoms with E-state index >= 15 is 0 Å². The Labute approximate surface area is 178 Å². The molecule has 1 unspecified atom stereocenters. The summed E-state index contributed by atoms with van der Waals surface area (Å²) in [6.07, 6.45) is 0.779. The number of H-pyrrole nitrogens is 1. The highest BCUT2D eigenvalue weighted by molar-refractivity contribution is 5.88. The molecule has 0 radical (unpaired) electrons. The Balaban J connectivity index is 1.73. The van der Waals surface area contributed by atoms with Crippen molar-refractivity contribution < 1.29 is 23.4 Å². The lowest BCUT2D eigenvalue weighted by Gasteiger charge is -2.37. The summed E-state index contributed by atoms with van der Waals surface area (Å²) < 4.78 is 32.5. The molecule has 0 amide bonds. The predicted molar refractivity (Wildman–Crippen MR) is 115 cm³/mol. The van der Waals surface area contributed by atoms with E-state index in [4.69, 9.17) is 4.74 Å². The highest BCUT2D eigenvalue weighted by Crippen LogP contribution is 2.39. The summed E-state index contributed by atoms with van der Waals surface area (Å²) in [5.41, 5.74) is 4.26. The van der Waals surface area contributed by atoms with Crippen molar-refractivity contribution in [2.45, 2.75) is 32.4 Å². The Bertz CT molecular complexity index is 1150. The number of nitrogens with one attached hydrogen (secondary N) is 1. The number of piperidine rings is 1. The lowest BCUT2D eigenvalue weighted by molar-refractivity contribution is 0.0696. The lowest BCUT2D eigenvalue weighted by Crippen LogP contribution is -2.34. The smallest absolute Gasteiger partial charge is 0.335 e. The topological polar surface area (TPSA) is 65.6 Å². The van der Waals surface area contributed by atoms with Gasteiger partial charge in [0.2, 0.25) is 0 Å². The number of carboxylic acid groups (broad SMARTS) is 1. The third-order valence-corrected chi connectivity index (χ3v) is 6.08. The van der Waals surface area contributed by atoms with Gasteiger partial charge in [0, 0.05) is 41.8 Å². The third kappa shape index (κ3) is 4.05. The van der Waals surface area contributed by atoms with Gasteiger partial charge >= 0.3 is 5.97 Å². The van der Waals surface area contributed by atoms with Gasteiger partial charge in [0.05, 0.1) is 12.7 Å². The van der Waals surface area contributed by atoms with E-state index in [1.54, 1.807) is 19.2 Å². The molecule has 2 aromatic carbocycles. The number of aromatic nitrogens is 1. The van der Waals surface area contributed by atoms with Crippen LogP contribution in [0.1, 0.15) is 45.9 Å². The molecule has 7 heteroatoms. The van der Waals surface area contributed by atoms with Gasteiger partial charge in [-0.05, 0) is 60.7 Å². The van der Waals surface area contributed by atoms with Crippen molar-refractivity contribution >= 4 is 16.9 Å². The highest BCUT2D eigenvalue weighted by Gasteiger charge is 2.30. The molecule has 0 saturated carbocycles. The van der Waals surface area contributed by atoms with Gasteiger partial charge in [0.25, 0.3) is 6.08 Å². The third-order valence-electron chi connectivity index (χ3n) is 6.08. The molecule has 2 heterocycles. The van der Waals surface area contributed by atoms with Crippen LogP contribution < -0.4 is 4.74 Å². The number of nitrogens with zero attached hydrogens (tertiary/aromatic N) is 1. The number of hydrogen-bond donors (Lipinski definition) is 2. The van der Waals surface area contributed by atoms with Gasteiger partial charge in [-0.25, -0.2) is 4.79 Å². The van der Waals surface area contributed by atoms with E-state index in [1.807, 2.05) is 25.3 Å². The van der Waals surface area contributed by atoms with E-state index in [0.29, 0.717) is 19.5 Å². The lowest BCUT2D eigenvalue weighted by atomic mass is 9.90. The maximum atomic E-state index is 13.4. The second kappa shape index (κ2) is 8.51. The number of rotatable bonds is 5. The zero-order chi connectivity index (χ0) is 22.1. The molecule has 31 heavy (non-hydrogen) atoms. The van der Waals surface area contributed by atoms with Crippen LogP contribution in [0.4, 0.5) is 8.78 Å². The Hall–Kier alpha value is -3.19. The van der Waals surface area contributed by atoms with Crippen LogP contribution in [0.2, 0.25) is 0 Å². The number of methoxy groups -OCH3 is 1. The summed E-state index contributed by atoms with van der Waals surface area (Å²) in [5.74, 6) is -0.246. The van der Waals surface area contributed by atoms with E-state index in [2.05, 4.69) is 9.88 Å². The number of halogens is 2. The van der Waals surface area contributed by atoms with Crippen molar-refractivity contribution in [3.05, 3.63) is 76.5 Å². The highest BCUT2D eigenvalue weighted by atomic mass is 19.3. The number of likely N-dealkylation sites (tertiary alicyclic amines) is 1. The molecular formula is C24H24F2N2O3. The molecular weight excluding hydrogens is 402 g/mol. The van der Waals surface area contributed by atoms with Crippen molar-refractivity contribution in [2.75, 3.05) is 13.7 Å². The van der Waals surface area contributed by atoms with Crippen LogP contribution >= 0.6 is 0 Å². The van der Waals surface area contributed by atoms with Crippen molar-refractivity contribution in [3.8, 4) is 5.75 Å². The number of aromatic amines is 1. The fourth-order valence-electron chi connectivity index (χ4n) is 4.42. The summed E-state index contributed by atoms with van der Waals surface area (Å²) in [6.45, 7) is 3.02. The van der Waals surface area contributed by atoms with Crippen molar-refractivity contribution in [2.24, 2.45) is 0 Å². The Morgan fingerprint density at radius 2 is 2.00 bits per heavy atom. The fourth-order valence-corrected chi connectivity index (χ4v) is 4.42. The first-order valence-electron chi connectivity index (χ1n) is 10.1. The molecule has 1 aliphatic rings. The maximum Gasteiger partial charge on any atom is 0.335 e. The minimum atomic E-state index is -1.62. The van der Waals surface area contributed by atoms with Crippen LogP contribution in [0.25, 0.3) is 10.9 Å². The van der Waals surface area contributed by atoms with Gasteiger partial charge in [0.1, 0.15) is 5.75 Å². The van der Waals surface area contributed by atoms with Crippen LogP contribution in [0.5, 0.6) is 5.75 Å². The summed E-state index contributed by atoms with van der Waals surface area (Å²) >= 11 is 0. The molecule has 0 aliphatic carbocycles. The summed E-state index contributed by atoms with van der Waals surface area (Å²) in [7, 11) is 1.63. The standard InChI is InChI=1S/C24H24F2N2O3/c1-14-11-21(31-2)19(18-7-9-27-22(14)18)13-28-10-8-17(23(25)26)12-20(28)15-3-5-16(6-4-15)24(29)30/h3-7,9,11,20,27H,8,10,12-13H2,1-2H3,(H,29,30). The molecule has 1 aromatic heterocycles. The van der Waals surface area contributed by atoms with Crippen molar-refractivity contribution in [1.82, 2.24) is 9.88 Å². The van der Waals surface area contributed by atoms with Crippen molar-refractivity contribution in [1.29, 1.82) is 0 Å². The molecule has 162 valence electrons. The average molecular weight is 426 g/mol. The second-order valence-electron chi connectivity index (χ2n) is 7.87. The molecule has 0 spiro atoms. The van der Waals surface area contributed by atoms with Gasteiger partial charge in [-0.15, -0.1) is 0 Å². The summed E-state index contributed by atoms with van der Waals surface area (Å²) in [6, 6.07) is 10.2. The van der Waals surface area contributed by atoms with Gasteiger partial charge in [-0.1, -0.05) is 12.1 Å². The summed E-state index contributed by atoms with van der Waals surface area (Å²) in [4.78, 5) is 16.6. The van der Waals surface area contributed by atoms with E-state index in [9.17, 15) is 18.7 Å². The van der Waals surface area contributed by atoms with Gasteiger partial charge < -0.3 is 14.8 Å². The summed E-state index contributed by atoms with van der Waals surface area (Å²) in [5, 5.41) is 10.2. The maximum absolute atomic E-state index is 13.4. The van der Waals surface area contributed by atoms with Crippen molar-refractivity contribution in [3.63, 3.8) is 0 Å². The first-order valence-corrected chi connectivity index (χ1v) is 10.1. The largest absolute Gasteiger partial charge is 0.496 e. The second-order valence-corrected chi connectivity index (χ2v) is 7.87. The predicted octanol–water partition coefficient (Wildman–Crippen LogP) is 5.67. The Morgan fingerprint density at radius 1 is 1.26 bits per heavy atom. The molecule has 3 aromatic rings. The van der Waals surface area contributed by atoms with Crippen LogP contribution in [-0.2, 0) is 6.54 Å². The molecule has 1 atom stereocenters. The quantitative estimate of drug-likeness (QED) is 0.552. The average Bonchev–Trinajstić information content (AvgIpc) is 3.26. The van der Waals surface area contributed by atoms with Gasteiger partial charge in [-0.3, -0.25) is 4.90 Å². The zero-order valence-corrected chi connectivity index (χ0v) is 17.4. The number of carboxylic acids is 1. The molecule has 2 N–H and O–H groups in total. The van der Waals surface area contributed by atoms with Crippen LogP contribution in [-0.4, -0.2) is 34.6 Å². The number of carbonyl (C=O) groups is 1. The Morgan fingerprint density at radius 3 is 2.65 bits per heavy atom. The van der Waals surface area contributed by atoms with Gasteiger partial charge in [-0.2, -0.15) is 8.78 Å². The van der Waals surface area contributed by atoms with E-state index < -0.39 is 12.0 Å². The number of benzene rings is 2. The normalized spacial score (nSPS) is 17.2. The van der Waals surface area contributed by atoms with E-state index in [-0.39, 0.29) is 23.6 Å². The van der Waals surface area contributed by atoms with Gasteiger partial charge in [0.15, 0.2) is 0 Å². The molecule has 5 nitrogen and oxygen atoms in total. The minimum absolute atomic E-state index is 0.159. The molecule has 1 saturated heterocycles. The van der Waals surface area contributed by atoms with Crippen LogP contribution in [0, 0.1) is 6.92 Å².